The molecular formula is C16H7NO4. The molecule has 0 amide bonds. The van der Waals surface area contributed by atoms with Gasteiger partial charge in [-0.15, -0.1) is 0 Å². The van der Waals surface area contributed by atoms with Crippen molar-refractivity contribution in [3.63, 3.8) is 0 Å². The van der Waals surface area contributed by atoms with Gasteiger partial charge in [-0.1, -0.05) is 24.3 Å². The molecule has 0 aromatic heterocycles. The minimum atomic E-state index is -1.31. The van der Waals surface area contributed by atoms with Crippen LogP contribution in [-0.4, -0.2) is 22.6 Å². The number of fused-ring (bicyclic) bond motifs is 2. The average molecular weight is 277 g/mol. The van der Waals surface area contributed by atoms with E-state index in [9.17, 15) is 14.4 Å². The van der Waals surface area contributed by atoms with Gasteiger partial charge in [0, 0.05) is 22.3 Å². The van der Waals surface area contributed by atoms with Crippen molar-refractivity contribution in [3.05, 3.63) is 69.8 Å². The quantitative estimate of drug-likeness (QED) is 0.734. The summed E-state index contributed by atoms with van der Waals surface area (Å²) in [5.74, 6) is -2.10. The number of carboxylic acid groups (broad SMARTS) is 1. The highest BCUT2D eigenvalue weighted by Gasteiger charge is 2.31. The summed E-state index contributed by atoms with van der Waals surface area (Å²) in [7, 11) is 0. The molecule has 0 atom stereocenters. The molecule has 0 radical (unpaired) electrons. The molecule has 5 heteroatoms. The molecule has 0 bridgehead atoms. The molecule has 0 unspecified atom stereocenters. The van der Waals surface area contributed by atoms with Crippen molar-refractivity contribution in [1.29, 1.82) is 5.26 Å². The molecule has 0 aliphatic heterocycles. The zero-order chi connectivity index (χ0) is 15.1. The smallest absolute Gasteiger partial charge is 0.337 e. The molecule has 1 aliphatic rings. The molecule has 21 heavy (non-hydrogen) atoms. The van der Waals surface area contributed by atoms with Crippen LogP contribution >= 0.6 is 0 Å². The van der Waals surface area contributed by atoms with E-state index < -0.39 is 11.8 Å². The van der Waals surface area contributed by atoms with E-state index in [2.05, 4.69) is 0 Å². The Morgan fingerprint density at radius 3 is 1.95 bits per heavy atom. The number of ketones is 2. The number of carbonyl (C=O) groups is 3. The minimum Gasteiger partial charge on any atom is -0.478 e. The van der Waals surface area contributed by atoms with Crippen molar-refractivity contribution in [2.24, 2.45) is 0 Å². The second-order valence-corrected chi connectivity index (χ2v) is 4.56. The zero-order valence-electron chi connectivity index (χ0n) is 10.6. The van der Waals surface area contributed by atoms with Crippen LogP contribution in [0.5, 0.6) is 0 Å². The first-order chi connectivity index (χ1) is 10.0. The van der Waals surface area contributed by atoms with E-state index in [1.165, 1.54) is 18.2 Å². The van der Waals surface area contributed by atoms with Gasteiger partial charge < -0.3 is 5.11 Å². The number of benzene rings is 2. The Morgan fingerprint density at radius 1 is 0.952 bits per heavy atom. The van der Waals surface area contributed by atoms with Crippen LogP contribution in [0.15, 0.2) is 36.4 Å². The molecule has 5 nitrogen and oxygen atoms in total. The Labute approximate surface area is 119 Å². The summed E-state index contributed by atoms with van der Waals surface area (Å²) >= 11 is 0. The highest BCUT2D eigenvalue weighted by molar-refractivity contribution is 6.28. The van der Waals surface area contributed by atoms with Gasteiger partial charge in [0.25, 0.3) is 0 Å². The van der Waals surface area contributed by atoms with E-state index >= 15 is 0 Å². The van der Waals surface area contributed by atoms with Crippen molar-refractivity contribution in [3.8, 4) is 6.07 Å². The summed E-state index contributed by atoms with van der Waals surface area (Å²) in [6.07, 6.45) is 0. The maximum atomic E-state index is 12.4. The first kappa shape index (κ1) is 12.8. The Morgan fingerprint density at radius 2 is 1.48 bits per heavy atom. The van der Waals surface area contributed by atoms with Crippen LogP contribution in [0.25, 0.3) is 0 Å². The number of rotatable bonds is 1. The molecule has 3 rings (SSSR count). The fourth-order valence-electron chi connectivity index (χ4n) is 2.41. The maximum absolute atomic E-state index is 12.4. The van der Waals surface area contributed by atoms with Crippen LogP contribution in [0.1, 0.15) is 47.8 Å². The normalized spacial score (nSPS) is 12.3. The number of carbonyl (C=O) groups excluding carboxylic acids is 2. The van der Waals surface area contributed by atoms with Gasteiger partial charge in [0.1, 0.15) is 6.07 Å². The van der Waals surface area contributed by atoms with Crippen molar-refractivity contribution in [1.82, 2.24) is 0 Å². The van der Waals surface area contributed by atoms with Gasteiger partial charge in [0.15, 0.2) is 11.6 Å². The second-order valence-electron chi connectivity index (χ2n) is 4.56. The SMILES string of the molecule is N#Cc1cc2c(cc1C(=O)O)C(=O)c1ccccc1C2=O. The molecule has 2 aromatic rings. The topological polar surface area (TPSA) is 95.2 Å². The van der Waals surface area contributed by atoms with Crippen LogP contribution in [-0.2, 0) is 0 Å². The predicted molar refractivity (Wildman–Crippen MR) is 71.4 cm³/mol. The Bertz CT molecular complexity index is 874. The number of nitriles is 1. The van der Waals surface area contributed by atoms with Gasteiger partial charge in [-0.2, -0.15) is 5.26 Å². The third-order valence-corrected chi connectivity index (χ3v) is 3.41. The van der Waals surface area contributed by atoms with Crippen LogP contribution < -0.4 is 0 Å². The molecule has 1 aliphatic carbocycles. The van der Waals surface area contributed by atoms with E-state index in [-0.39, 0.29) is 39.2 Å². The molecule has 0 saturated heterocycles. The van der Waals surface area contributed by atoms with E-state index in [0.717, 1.165) is 6.07 Å². The zero-order valence-corrected chi connectivity index (χ0v) is 10.6. The van der Waals surface area contributed by atoms with E-state index in [4.69, 9.17) is 10.4 Å². The number of carboxylic acids is 1. The first-order valence-electron chi connectivity index (χ1n) is 6.04. The Balaban J connectivity index is 2.34. The van der Waals surface area contributed by atoms with Crippen molar-refractivity contribution in [2.45, 2.75) is 0 Å². The van der Waals surface area contributed by atoms with Crippen molar-refractivity contribution >= 4 is 17.5 Å². The Hall–Kier alpha value is -3.26. The lowest BCUT2D eigenvalue weighted by Gasteiger charge is -2.18. The minimum absolute atomic E-state index is 0.0232. The van der Waals surface area contributed by atoms with Gasteiger partial charge in [-0.05, 0) is 12.1 Å². The molecule has 1 N–H and O–H groups in total. The largest absolute Gasteiger partial charge is 0.478 e. The third kappa shape index (κ3) is 1.74. The monoisotopic (exact) mass is 277 g/mol. The predicted octanol–water partition coefficient (Wildman–Crippen LogP) is 2.03. The summed E-state index contributed by atoms with van der Waals surface area (Å²) in [6, 6.07) is 10.4. The average Bonchev–Trinajstić information content (AvgIpc) is 2.51. The number of hydrogen-bond acceptors (Lipinski definition) is 4. The van der Waals surface area contributed by atoms with Gasteiger partial charge in [0.05, 0.1) is 11.1 Å². The second kappa shape index (κ2) is 4.39. The van der Waals surface area contributed by atoms with Gasteiger partial charge in [0.2, 0.25) is 0 Å². The number of aromatic carboxylic acids is 1. The number of hydrogen-bond donors (Lipinski definition) is 1. The third-order valence-electron chi connectivity index (χ3n) is 3.41. The highest BCUT2D eigenvalue weighted by atomic mass is 16.4. The summed E-state index contributed by atoms with van der Waals surface area (Å²) in [5.41, 5.74) is 0.187. The van der Waals surface area contributed by atoms with Crippen LogP contribution in [0, 0.1) is 11.3 Å². The lowest BCUT2D eigenvalue weighted by atomic mass is 9.82. The first-order valence-corrected chi connectivity index (χ1v) is 6.04. The van der Waals surface area contributed by atoms with E-state index in [1.54, 1.807) is 18.2 Å². The van der Waals surface area contributed by atoms with Crippen LogP contribution in [0.4, 0.5) is 0 Å². The molecule has 0 heterocycles. The summed E-state index contributed by atoms with van der Waals surface area (Å²) < 4.78 is 0. The molecule has 100 valence electrons. The van der Waals surface area contributed by atoms with E-state index in [0.29, 0.717) is 0 Å². The molecule has 0 fully saturated rings. The fourth-order valence-corrected chi connectivity index (χ4v) is 2.41. The van der Waals surface area contributed by atoms with Gasteiger partial charge >= 0.3 is 5.97 Å². The lowest BCUT2D eigenvalue weighted by molar-refractivity contribution is 0.0696. The highest BCUT2D eigenvalue weighted by Crippen LogP contribution is 2.29. The molecular weight excluding hydrogens is 270 g/mol. The molecule has 0 spiro atoms. The van der Waals surface area contributed by atoms with E-state index in [1.807, 2.05) is 0 Å². The fraction of sp³-hybridized carbons (Fsp3) is 0. The summed E-state index contributed by atoms with van der Waals surface area (Å²) in [5, 5.41) is 18.1. The Kier molecular flexibility index (Phi) is 2.67. The van der Waals surface area contributed by atoms with Crippen LogP contribution in [0.3, 0.4) is 0 Å². The van der Waals surface area contributed by atoms with Crippen molar-refractivity contribution in [2.75, 3.05) is 0 Å². The van der Waals surface area contributed by atoms with Crippen molar-refractivity contribution < 1.29 is 19.5 Å². The maximum Gasteiger partial charge on any atom is 0.337 e. The van der Waals surface area contributed by atoms with Gasteiger partial charge in [-0.25, -0.2) is 4.79 Å². The summed E-state index contributed by atoms with van der Waals surface area (Å²) in [4.78, 5) is 35.9. The lowest BCUT2D eigenvalue weighted by Crippen LogP contribution is -2.22. The standard InChI is InChI=1S/C16H7NO4/c17-7-8-5-12-13(6-11(8)16(20)21)15(19)10-4-2-1-3-9(10)14(12)18/h1-6H,(H,20,21). The van der Waals surface area contributed by atoms with Crippen LogP contribution in [0.2, 0.25) is 0 Å². The molecule has 2 aromatic carbocycles. The van der Waals surface area contributed by atoms with Gasteiger partial charge in [-0.3, -0.25) is 9.59 Å². The summed E-state index contributed by atoms with van der Waals surface area (Å²) in [6.45, 7) is 0. The molecule has 0 saturated carbocycles. The number of nitrogens with zero attached hydrogens (tertiary/aromatic N) is 1.